The van der Waals surface area contributed by atoms with Crippen molar-refractivity contribution >= 4 is 23.5 Å². The summed E-state index contributed by atoms with van der Waals surface area (Å²) < 4.78 is 13.1. The Hall–Kier alpha value is -2.48. The number of benzene rings is 1. The van der Waals surface area contributed by atoms with Crippen LogP contribution >= 0.6 is 0 Å². The maximum Gasteiger partial charge on any atom is 0.324 e. The number of nitrogens with one attached hydrogen (secondary N) is 2. The van der Waals surface area contributed by atoms with Crippen molar-refractivity contribution < 1.29 is 18.8 Å². The molecule has 0 bridgehead atoms. The molecule has 23 heavy (non-hydrogen) atoms. The quantitative estimate of drug-likeness (QED) is 0.833. The van der Waals surface area contributed by atoms with Gasteiger partial charge in [-0.1, -0.05) is 6.07 Å². The zero-order chi connectivity index (χ0) is 17.0. The Morgan fingerprint density at radius 2 is 2.22 bits per heavy atom. The van der Waals surface area contributed by atoms with Gasteiger partial charge in [0.25, 0.3) is 0 Å². The number of rotatable bonds is 5. The number of imide groups is 1. The predicted octanol–water partition coefficient (Wildman–Crippen LogP) is 0.636. The first kappa shape index (κ1) is 16.9. The highest BCUT2D eigenvalue weighted by atomic mass is 19.1. The predicted molar refractivity (Wildman–Crippen MR) is 82.2 cm³/mol. The summed E-state index contributed by atoms with van der Waals surface area (Å²) in [6.45, 7) is 2.33. The fourth-order valence-corrected chi connectivity index (χ4v) is 2.23. The van der Waals surface area contributed by atoms with Crippen LogP contribution in [0.1, 0.15) is 6.92 Å². The van der Waals surface area contributed by atoms with Crippen LogP contribution in [0.4, 0.5) is 14.9 Å². The molecule has 0 saturated carbocycles. The van der Waals surface area contributed by atoms with E-state index in [9.17, 15) is 18.8 Å². The third-order valence-electron chi connectivity index (χ3n) is 3.64. The van der Waals surface area contributed by atoms with Gasteiger partial charge < -0.3 is 10.6 Å². The van der Waals surface area contributed by atoms with Gasteiger partial charge >= 0.3 is 6.03 Å². The lowest BCUT2D eigenvalue weighted by Crippen LogP contribution is -2.48. The molecule has 1 aromatic rings. The first-order chi connectivity index (χ1) is 10.9. The maximum atomic E-state index is 13.1. The number of carbonyl (C=O) groups excluding carboxylic acids is 3. The molecule has 0 aliphatic carbocycles. The van der Waals surface area contributed by atoms with E-state index in [-0.39, 0.29) is 18.4 Å². The monoisotopic (exact) mass is 322 g/mol. The van der Waals surface area contributed by atoms with Crippen LogP contribution in [0.15, 0.2) is 24.3 Å². The summed E-state index contributed by atoms with van der Waals surface area (Å²) in [5, 5.41) is 5.12. The molecule has 1 heterocycles. The largest absolute Gasteiger partial charge is 0.336 e. The Morgan fingerprint density at radius 1 is 1.48 bits per heavy atom. The number of likely N-dealkylation sites (N-methyl/N-ethyl adjacent to an activating group) is 1. The van der Waals surface area contributed by atoms with Gasteiger partial charge in [-0.05, 0) is 32.2 Å². The van der Waals surface area contributed by atoms with Crippen LogP contribution in [0.3, 0.4) is 0 Å². The minimum absolute atomic E-state index is 0.0567. The number of nitrogens with zero attached hydrogens (tertiary/aromatic N) is 2. The number of hydrogen-bond donors (Lipinski definition) is 2. The molecule has 2 rings (SSSR count). The summed E-state index contributed by atoms with van der Waals surface area (Å²) in [5.41, 5.74) is 0.348. The number of amides is 4. The number of hydrogen-bond acceptors (Lipinski definition) is 4. The second-order valence-corrected chi connectivity index (χ2v) is 5.37. The van der Waals surface area contributed by atoms with Gasteiger partial charge in [-0.15, -0.1) is 0 Å². The Balaban J connectivity index is 1.89. The van der Waals surface area contributed by atoms with Crippen molar-refractivity contribution in [1.29, 1.82) is 0 Å². The third-order valence-corrected chi connectivity index (χ3v) is 3.64. The molecule has 1 aromatic carbocycles. The van der Waals surface area contributed by atoms with E-state index >= 15 is 0 Å². The van der Waals surface area contributed by atoms with Gasteiger partial charge in [0.1, 0.15) is 5.82 Å². The van der Waals surface area contributed by atoms with E-state index in [1.807, 2.05) is 0 Å². The zero-order valence-electron chi connectivity index (χ0n) is 13.0. The van der Waals surface area contributed by atoms with Crippen LogP contribution in [0.5, 0.6) is 0 Å². The lowest BCUT2D eigenvalue weighted by Gasteiger charge is -2.26. The van der Waals surface area contributed by atoms with Crippen LogP contribution in [0.25, 0.3) is 0 Å². The van der Waals surface area contributed by atoms with Gasteiger partial charge in [0.2, 0.25) is 11.8 Å². The summed E-state index contributed by atoms with van der Waals surface area (Å²) in [4.78, 5) is 38.4. The smallest absolute Gasteiger partial charge is 0.324 e. The Labute approximate surface area is 133 Å². The second-order valence-electron chi connectivity index (χ2n) is 5.37. The molecular weight excluding hydrogens is 303 g/mol. The van der Waals surface area contributed by atoms with Gasteiger partial charge in [0.05, 0.1) is 12.6 Å². The van der Waals surface area contributed by atoms with Crippen molar-refractivity contribution in [1.82, 2.24) is 15.1 Å². The highest BCUT2D eigenvalue weighted by molar-refractivity contribution is 5.98. The number of urea groups is 1. The zero-order valence-corrected chi connectivity index (χ0v) is 13.0. The van der Waals surface area contributed by atoms with E-state index in [4.69, 9.17) is 0 Å². The van der Waals surface area contributed by atoms with E-state index in [0.717, 1.165) is 4.90 Å². The van der Waals surface area contributed by atoms with E-state index in [2.05, 4.69) is 10.6 Å². The summed E-state index contributed by atoms with van der Waals surface area (Å²) in [6, 6.07) is 4.51. The summed E-state index contributed by atoms with van der Waals surface area (Å²) >= 11 is 0. The highest BCUT2D eigenvalue weighted by Crippen LogP contribution is 2.10. The molecule has 8 heteroatoms. The lowest BCUT2D eigenvalue weighted by molar-refractivity contribution is -0.132. The van der Waals surface area contributed by atoms with E-state index in [0.29, 0.717) is 18.8 Å². The van der Waals surface area contributed by atoms with E-state index in [1.54, 1.807) is 20.0 Å². The van der Waals surface area contributed by atoms with Gasteiger partial charge in [0.15, 0.2) is 0 Å². The van der Waals surface area contributed by atoms with Crippen molar-refractivity contribution in [2.45, 2.75) is 13.0 Å². The van der Waals surface area contributed by atoms with Crippen molar-refractivity contribution in [3.63, 3.8) is 0 Å². The molecule has 0 spiro atoms. The molecule has 1 aliphatic heterocycles. The van der Waals surface area contributed by atoms with Crippen molar-refractivity contribution in [3.8, 4) is 0 Å². The first-order valence-corrected chi connectivity index (χ1v) is 7.23. The van der Waals surface area contributed by atoms with E-state index < -0.39 is 17.9 Å². The maximum absolute atomic E-state index is 13.1. The molecule has 1 atom stereocenters. The van der Waals surface area contributed by atoms with Crippen molar-refractivity contribution in [2.24, 2.45) is 0 Å². The normalized spacial score (nSPS) is 15.5. The van der Waals surface area contributed by atoms with Crippen molar-refractivity contribution in [3.05, 3.63) is 30.1 Å². The van der Waals surface area contributed by atoms with E-state index in [1.165, 1.54) is 23.1 Å². The Bertz CT molecular complexity index is 622. The van der Waals surface area contributed by atoms with Crippen molar-refractivity contribution in [2.75, 3.05) is 32.0 Å². The topological polar surface area (TPSA) is 81.8 Å². The molecule has 0 radical (unpaired) electrons. The minimum Gasteiger partial charge on any atom is -0.336 e. The average Bonchev–Trinajstić information content (AvgIpc) is 2.91. The SMILES string of the molecule is C[C@@H](C(=O)N1CCNC1=O)N(C)CC(=O)Nc1cccc(F)c1. The third kappa shape index (κ3) is 4.26. The van der Waals surface area contributed by atoms with Crippen LogP contribution in [0, 0.1) is 5.82 Å². The van der Waals surface area contributed by atoms with Gasteiger partial charge in [-0.2, -0.15) is 0 Å². The number of halogens is 1. The summed E-state index contributed by atoms with van der Waals surface area (Å²) in [7, 11) is 1.61. The molecule has 7 nitrogen and oxygen atoms in total. The van der Waals surface area contributed by atoms with Gasteiger partial charge in [-0.3, -0.25) is 19.4 Å². The highest BCUT2D eigenvalue weighted by Gasteiger charge is 2.31. The molecule has 1 saturated heterocycles. The van der Waals surface area contributed by atoms with Crippen LogP contribution in [0.2, 0.25) is 0 Å². The van der Waals surface area contributed by atoms with Crippen LogP contribution in [-0.2, 0) is 9.59 Å². The fourth-order valence-electron chi connectivity index (χ4n) is 2.23. The average molecular weight is 322 g/mol. The second kappa shape index (κ2) is 7.19. The fraction of sp³-hybridized carbons (Fsp3) is 0.400. The summed E-state index contributed by atoms with van der Waals surface area (Å²) in [5.74, 6) is -1.18. The molecule has 0 unspecified atom stereocenters. The van der Waals surface area contributed by atoms with Crippen LogP contribution < -0.4 is 10.6 Å². The summed E-state index contributed by atoms with van der Waals surface area (Å²) in [6.07, 6.45) is 0. The molecule has 4 amide bonds. The molecule has 0 aromatic heterocycles. The van der Waals surface area contributed by atoms with Gasteiger partial charge in [0, 0.05) is 18.8 Å². The Kier molecular flexibility index (Phi) is 5.28. The van der Waals surface area contributed by atoms with Gasteiger partial charge in [-0.25, -0.2) is 9.18 Å². The van der Waals surface area contributed by atoms with Crippen LogP contribution in [-0.4, -0.2) is 60.4 Å². The Morgan fingerprint density at radius 3 is 2.83 bits per heavy atom. The number of carbonyl (C=O) groups is 3. The number of anilines is 1. The molecule has 1 aliphatic rings. The molecule has 124 valence electrons. The standard InChI is InChI=1S/C15H19FN4O3/c1-10(14(22)20-7-6-17-15(20)23)19(2)9-13(21)18-12-5-3-4-11(16)8-12/h3-5,8,10H,6-7,9H2,1-2H3,(H,17,23)(H,18,21)/t10-/m0/s1. The molecule has 2 N–H and O–H groups in total. The first-order valence-electron chi connectivity index (χ1n) is 7.23. The minimum atomic E-state index is -0.628. The molecule has 1 fully saturated rings. The molecular formula is C15H19FN4O3. The lowest BCUT2D eigenvalue weighted by atomic mass is 10.2.